The van der Waals surface area contributed by atoms with Crippen molar-refractivity contribution in [1.29, 1.82) is 0 Å². The lowest BCUT2D eigenvalue weighted by Gasteiger charge is -1.66. The van der Waals surface area contributed by atoms with Crippen molar-refractivity contribution in [2.24, 2.45) is 0 Å². The smallest absolute Gasteiger partial charge is 0.144 e. The lowest BCUT2D eigenvalue weighted by molar-refractivity contribution is 0.647. The standard InChI is InChI=1S/C3H7IO/c1-2-3-4-5/h2-3H2,1H3. The molecule has 0 radical (unpaired) electrons. The first-order valence-electron chi connectivity index (χ1n) is 1.63. The fourth-order valence-electron chi connectivity index (χ4n) is 0.0772. The summed E-state index contributed by atoms with van der Waals surface area (Å²) in [5.41, 5.74) is 0. The van der Waals surface area contributed by atoms with Gasteiger partial charge in [-0.1, -0.05) is 6.92 Å². The number of hydrogen-bond donors (Lipinski definition) is 0. The molecular formula is C3H7IO. The molecule has 0 aliphatic carbocycles. The van der Waals surface area contributed by atoms with Crippen molar-refractivity contribution in [1.82, 2.24) is 0 Å². The molecule has 5 heavy (non-hydrogen) atoms. The van der Waals surface area contributed by atoms with Crippen LogP contribution in [0.3, 0.4) is 0 Å². The van der Waals surface area contributed by atoms with Crippen molar-refractivity contribution in [3.63, 3.8) is 0 Å². The molecule has 0 bridgehead atoms. The van der Waals surface area contributed by atoms with Crippen molar-refractivity contribution in [3.05, 3.63) is 0 Å². The summed E-state index contributed by atoms with van der Waals surface area (Å²) >= 11 is -0.643. The molecule has 0 aliphatic rings. The van der Waals surface area contributed by atoms with Crippen LogP contribution in [0.5, 0.6) is 0 Å². The molecular weight excluding hydrogens is 179 g/mol. The van der Waals surface area contributed by atoms with Crippen LogP contribution < -0.4 is 0 Å². The monoisotopic (exact) mass is 186 g/mol. The van der Waals surface area contributed by atoms with E-state index in [1.807, 2.05) is 6.92 Å². The minimum absolute atomic E-state index is 0.643. The second-order valence-electron chi connectivity index (χ2n) is 0.798. The third-order valence-corrected chi connectivity index (χ3v) is 1.79. The molecule has 0 amide bonds. The van der Waals surface area contributed by atoms with Crippen LogP contribution in [0.2, 0.25) is 0 Å². The van der Waals surface area contributed by atoms with Gasteiger partial charge in [-0.3, -0.25) is 3.07 Å². The van der Waals surface area contributed by atoms with Crippen LogP contribution in [0.1, 0.15) is 13.3 Å². The molecule has 0 aromatic carbocycles. The van der Waals surface area contributed by atoms with Crippen LogP contribution in [0, 0.1) is 0 Å². The van der Waals surface area contributed by atoms with Gasteiger partial charge in [0.05, 0.1) is 0 Å². The second-order valence-corrected chi connectivity index (χ2v) is 2.50. The Morgan fingerprint density at radius 2 is 2.40 bits per heavy atom. The first kappa shape index (κ1) is 5.53. The van der Waals surface area contributed by atoms with E-state index in [0.717, 1.165) is 10.8 Å². The van der Waals surface area contributed by atoms with Crippen LogP contribution in [-0.2, 0) is 3.07 Å². The van der Waals surface area contributed by atoms with Crippen LogP contribution in [0.25, 0.3) is 0 Å². The van der Waals surface area contributed by atoms with Gasteiger partial charge in [-0.05, 0) is 6.42 Å². The quantitative estimate of drug-likeness (QED) is 0.473. The molecule has 0 heterocycles. The number of halogens is 1. The Labute approximate surface area is 42.4 Å². The van der Waals surface area contributed by atoms with E-state index in [1.165, 1.54) is 0 Å². The SMILES string of the molecule is CCCI=O. The Morgan fingerprint density at radius 1 is 1.80 bits per heavy atom. The van der Waals surface area contributed by atoms with E-state index in [0.29, 0.717) is 0 Å². The summed E-state index contributed by atoms with van der Waals surface area (Å²) in [6.07, 6.45) is 1.08. The molecule has 0 unspecified atom stereocenters. The summed E-state index contributed by atoms with van der Waals surface area (Å²) < 4.78 is 10.6. The zero-order valence-electron chi connectivity index (χ0n) is 3.20. The molecule has 1 nitrogen and oxygen atoms in total. The molecule has 0 saturated carbocycles. The van der Waals surface area contributed by atoms with E-state index in [9.17, 15) is 3.07 Å². The minimum Gasteiger partial charge on any atom is -0.270 e. The van der Waals surface area contributed by atoms with Crippen LogP contribution in [0.4, 0.5) is 0 Å². The largest absolute Gasteiger partial charge is 0.270 e. The van der Waals surface area contributed by atoms with Gasteiger partial charge in [-0.15, -0.1) is 0 Å². The molecule has 0 aromatic rings. The lowest BCUT2D eigenvalue weighted by Crippen LogP contribution is -1.57. The molecule has 2 heteroatoms. The van der Waals surface area contributed by atoms with E-state index < -0.39 is 21.2 Å². The molecule has 0 atom stereocenters. The molecule has 0 fully saturated rings. The van der Waals surface area contributed by atoms with E-state index in [-0.39, 0.29) is 0 Å². The first-order chi connectivity index (χ1) is 2.41. The summed E-state index contributed by atoms with van der Waals surface area (Å²) in [5, 5.41) is 0. The average molecular weight is 186 g/mol. The summed E-state index contributed by atoms with van der Waals surface area (Å²) in [6.45, 7) is 2.04. The highest BCUT2D eigenvalue weighted by Crippen LogP contribution is 1.91. The van der Waals surface area contributed by atoms with E-state index >= 15 is 0 Å². The highest BCUT2D eigenvalue weighted by molar-refractivity contribution is 14.1. The van der Waals surface area contributed by atoms with Gasteiger partial charge >= 0.3 is 0 Å². The van der Waals surface area contributed by atoms with Crippen LogP contribution in [-0.4, -0.2) is 4.43 Å². The van der Waals surface area contributed by atoms with Crippen LogP contribution in [0.15, 0.2) is 0 Å². The molecule has 0 aliphatic heterocycles. The topological polar surface area (TPSA) is 17.1 Å². The Kier molecular flexibility index (Phi) is 5.01. The van der Waals surface area contributed by atoms with Crippen molar-refractivity contribution in [3.8, 4) is 0 Å². The Bertz CT molecular complexity index is 28.1. The predicted molar refractivity (Wildman–Crippen MR) is 29.9 cm³/mol. The average Bonchev–Trinajstić information content (AvgIpc) is 1.41. The van der Waals surface area contributed by atoms with Gasteiger partial charge in [-0.2, -0.15) is 0 Å². The van der Waals surface area contributed by atoms with Gasteiger partial charge in [0.2, 0.25) is 0 Å². The van der Waals surface area contributed by atoms with Crippen LogP contribution >= 0.6 is 21.2 Å². The predicted octanol–water partition coefficient (Wildman–Crippen LogP) is 1.71. The van der Waals surface area contributed by atoms with Gasteiger partial charge in [-0.25, -0.2) is 0 Å². The fourth-order valence-corrected chi connectivity index (χ4v) is 0.518. The molecule has 32 valence electrons. The van der Waals surface area contributed by atoms with E-state index in [2.05, 4.69) is 0 Å². The number of rotatable bonds is 2. The third kappa shape index (κ3) is 4.53. The Balaban J connectivity index is 2.40. The summed E-state index contributed by atoms with van der Waals surface area (Å²) in [7, 11) is 0. The zero-order chi connectivity index (χ0) is 4.12. The Morgan fingerprint density at radius 3 is 2.40 bits per heavy atom. The van der Waals surface area contributed by atoms with Crippen molar-refractivity contribution in [2.75, 3.05) is 4.43 Å². The summed E-state index contributed by atoms with van der Waals surface area (Å²) in [6, 6.07) is 0. The minimum atomic E-state index is -0.643. The van der Waals surface area contributed by atoms with Crippen molar-refractivity contribution >= 4 is 21.2 Å². The van der Waals surface area contributed by atoms with Gasteiger partial charge < -0.3 is 0 Å². The van der Waals surface area contributed by atoms with Crippen molar-refractivity contribution < 1.29 is 3.07 Å². The number of hydrogen-bond acceptors (Lipinski definition) is 1. The van der Waals surface area contributed by atoms with E-state index in [1.54, 1.807) is 0 Å². The lowest BCUT2D eigenvalue weighted by atomic mass is 10.6. The maximum atomic E-state index is 9.64. The third-order valence-electron chi connectivity index (χ3n) is 0.266. The zero-order valence-corrected chi connectivity index (χ0v) is 5.36. The maximum absolute atomic E-state index is 9.64. The Hall–Kier alpha value is 0.530. The molecule has 0 saturated heterocycles. The fraction of sp³-hybridized carbons (Fsp3) is 1.00. The second kappa shape index (κ2) is 4.53. The highest BCUT2D eigenvalue weighted by Gasteiger charge is 1.68. The van der Waals surface area contributed by atoms with Crippen molar-refractivity contribution in [2.45, 2.75) is 13.3 Å². The maximum Gasteiger partial charge on any atom is 0.144 e. The van der Waals surface area contributed by atoms with E-state index in [4.69, 9.17) is 0 Å². The molecule has 0 aromatic heterocycles. The number of alkyl halides is 1. The van der Waals surface area contributed by atoms with Gasteiger partial charge in [0.15, 0.2) is 0 Å². The molecule has 0 spiro atoms. The summed E-state index contributed by atoms with van der Waals surface area (Å²) in [5.74, 6) is 0. The molecule has 0 rings (SSSR count). The van der Waals surface area contributed by atoms with Gasteiger partial charge in [0.25, 0.3) is 0 Å². The van der Waals surface area contributed by atoms with Gasteiger partial charge in [0, 0.05) is 4.43 Å². The summed E-state index contributed by atoms with van der Waals surface area (Å²) in [4.78, 5) is 0. The molecule has 0 N–H and O–H groups in total. The highest BCUT2D eigenvalue weighted by atomic mass is 127. The normalized spacial score (nSPS) is 8.20. The van der Waals surface area contributed by atoms with Gasteiger partial charge in [0.1, 0.15) is 21.2 Å². The first-order valence-corrected chi connectivity index (χ1v) is 4.04.